The molecule has 30 heavy (non-hydrogen) atoms. The summed E-state index contributed by atoms with van der Waals surface area (Å²) in [5.74, 6) is 0.513. The van der Waals surface area contributed by atoms with Crippen molar-refractivity contribution in [2.24, 2.45) is 0 Å². The summed E-state index contributed by atoms with van der Waals surface area (Å²) in [7, 11) is 0. The van der Waals surface area contributed by atoms with Crippen LogP contribution in [-0.2, 0) is 6.42 Å². The summed E-state index contributed by atoms with van der Waals surface area (Å²) in [5, 5.41) is 2.94. The maximum Gasteiger partial charge on any atom is 0.258 e. The fourth-order valence-corrected chi connectivity index (χ4v) is 3.67. The van der Waals surface area contributed by atoms with E-state index in [0.29, 0.717) is 30.0 Å². The minimum Gasteiger partial charge on any atom is -0.494 e. The summed E-state index contributed by atoms with van der Waals surface area (Å²) in [6.45, 7) is 3.17. The quantitative estimate of drug-likeness (QED) is 0.661. The molecule has 2 amide bonds. The molecule has 1 heterocycles. The van der Waals surface area contributed by atoms with E-state index in [4.69, 9.17) is 4.74 Å². The van der Waals surface area contributed by atoms with Gasteiger partial charge in [0.05, 0.1) is 6.61 Å². The van der Waals surface area contributed by atoms with Gasteiger partial charge in [-0.25, -0.2) is 0 Å². The molecule has 0 radical (unpaired) electrons. The van der Waals surface area contributed by atoms with Crippen LogP contribution in [0.2, 0.25) is 0 Å². The molecule has 3 aromatic rings. The lowest BCUT2D eigenvalue weighted by atomic mass is 10.00. The molecule has 3 aromatic carbocycles. The molecule has 0 saturated carbocycles. The van der Waals surface area contributed by atoms with Crippen LogP contribution in [0.25, 0.3) is 0 Å². The number of benzene rings is 3. The van der Waals surface area contributed by atoms with E-state index in [0.717, 1.165) is 29.8 Å². The molecule has 5 nitrogen and oxygen atoms in total. The number of amides is 2. The van der Waals surface area contributed by atoms with Gasteiger partial charge in [-0.3, -0.25) is 9.59 Å². The fourth-order valence-electron chi connectivity index (χ4n) is 3.67. The number of hydrogen-bond acceptors (Lipinski definition) is 3. The highest BCUT2D eigenvalue weighted by molar-refractivity contribution is 6.08. The van der Waals surface area contributed by atoms with Gasteiger partial charge in [-0.05, 0) is 73.9 Å². The third-order valence-corrected chi connectivity index (χ3v) is 5.16. The predicted octanol–water partition coefficient (Wildman–Crippen LogP) is 4.93. The molecule has 0 bridgehead atoms. The van der Waals surface area contributed by atoms with Crippen molar-refractivity contribution < 1.29 is 14.3 Å². The Bertz CT molecular complexity index is 1050. The molecule has 0 fully saturated rings. The number of nitrogens with zero attached hydrogens (tertiary/aromatic N) is 1. The number of fused-ring (bicyclic) bond motifs is 1. The van der Waals surface area contributed by atoms with E-state index in [1.165, 1.54) is 0 Å². The molecule has 0 saturated heterocycles. The normalized spacial score (nSPS) is 12.8. The van der Waals surface area contributed by atoms with Crippen molar-refractivity contribution in [2.75, 3.05) is 23.4 Å². The first-order chi connectivity index (χ1) is 14.7. The smallest absolute Gasteiger partial charge is 0.258 e. The zero-order valence-corrected chi connectivity index (χ0v) is 16.9. The second kappa shape index (κ2) is 8.82. The number of aryl methyl sites for hydroxylation is 1. The number of carbonyl (C=O) groups is 2. The van der Waals surface area contributed by atoms with E-state index in [1.807, 2.05) is 55.5 Å². The number of carbonyl (C=O) groups excluding carboxylic acids is 2. The van der Waals surface area contributed by atoms with Crippen LogP contribution in [0.4, 0.5) is 11.4 Å². The monoisotopic (exact) mass is 400 g/mol. The van der Waals surface area contributed by atoms with Gasteiger partial charge in [0.2, 0.25) is 0 Å². The van der Waals surface area contributed by atoms with Gasteiger partial charge in [0.15, 0.2) is 0 Å². The van der Waals surface area contributed by atoms with Crippen molar-refractivity contribution in [3.8, 4) is 5.75 Å². The van der Waals surface area contributed by atoms with Crippen LogP contribution in [0, 0.1) is 0 Å². The van der Waals surface area contributed by atoms with Gasteiger partial charge in [0.1, 0.15) is 5.75 Å². The van der Waals surface area contributed by atoms with Gasteiger partial charge < -0.3 is 15.0 Å². The zero-order valence-electron chi connectivity index (χ0n) is 16.9. The molecule has 1 N–H and O–H groups in total. The molecular weight excluding hydrogens is 376 g/mol. The van der Waals surface area contributed by atoms with E-state index in [9.17, 15) is 9.59 Å². The van der Waals surface area contributed by atoms with Gasteiger partial charge in [0, 0.05) is 29.0 Å². The largest absolute Gasteiger partial charge is 0.494 e. The second-order valence-corrected chi connectivity index (χ2v) is 7.18. The maximum absolute atomic E-state index is 13.0. The molecule has 0 aromatic heterocycles. The highest BCUT2D eigenvalue weighted by atomic mass is 16.5. The Balaban J connectivity index is 1.55. The molecule has 1 aliphatic heterocycles. The van der Waals surface area contributed by atoms with Crippen LogP contribution >= 0.6 is 0 Å². The van der Waals surface area contributed by atoms with Crippen LogP contribution in [-0.4, -0.2) is 25.0 Å². The third-order valence-electron chi connectivity index (χ3n) is 5.16. The molecule has 152 valence electrons. The Labute approximate surface area is 176 Å². The second-order valence-electron chi connectivity index (χ2n) is 7.18. The predicted molar refractivity (Wildman–Crippen MR) is 118 cm³/mol. The molecule has 0 spiro atoms. The van der Waals surface area contributed by atoms with Gasteiger partial charge in [-0.2, -0.15) is 0 Å². The Morgan fingerprint density at radius 2 is 1.73 bits per heavy atom. The number of nitrogens with one attached hydrogen (secondary N) is 1. The minimum atomic E-state index is -0.199. The van der Waals surface area contributed by atoms with Gasteiger partial charge in [-0.15, -0.1) is 0 Å². The van der Waals surface area contributed by atoms with Gasteiger partial charge in [0.25, 0.3) is 11.8 Å². The summed E-state index contributed by atoms with van der Waals surface area (Å²) in [5.41, 5.74) is 3.85. The fraction of sp³-hybridized carbons (Fsp3) is 0.200. The first-order valence-electron chi connectivity index (χ1n) is 10.2. The number of rotatable bonds is 5. The molecule has 1 aliphatic rings. The average molecular weight is 400 g/mol. The van der Waals surface area contributed by atoms with Gasteiger partial charge >= 0.3 is 0 Å². The van der Waals surface area contributed by atoms with Crippen molar-refractivity contribution in [3.05, 3.63) is 89.5 Å². The first kappa shape index (κ1) is 19.7. The van der Waals surface area contributed by atoms with Crippen molar-refractivity contribution in [3.63, 3.8) is 0 Å². The van der Waals surface area contributed by atoms with Crippen LogP contribution in [0.1, 0.15) is 39.6 Å². The summed E-state index contributed by atoms with van der Waals surface area (Å²) in [6.07, 6.45) is 1.84. The van der Waals surface area contributed by atoms with E-state index < -0.39 is 0 Å². The van der Waals surface area contributed by atoms with Crippen LogP contribution in [0.15, 0.2) is 72.8 Å². The SMILES string of the molecule is CCOc1ccc(C(=O)Nc2ccc3c(c2)N(C(=O)c2ccccc2)CCC3)cc1. The lowest BCUT2D eigenvalue weighted by Gasteiger charge is -2.30. The van der Waals surface area contributed by atoms with E-state index in [-0.39, 0.29) is 11.8 Å². The molecular formula is C25H24N2O3. The van der Waals surface area contributed by atoms with E-state index in [1.54, 1.807) is 29.2 Å². The van der Waals surface area contributed by atoms with Crippen molar-refractivity contribution in [1.29, 1.82) is 0 Å². The number of ether oxygens (including phenoxy) is 1. The zero-order chi connectivity index (χ0) is 20.9. The van der Waals surface area contributed by atoms with Crippen LogP contribution in [0.5, 0.6) is 5.75 Å². The Kier molecular flexibility index (Phi) is 5.80. The van der Waals surface area contributed by atoms with E-state index >= 15 is 0 Å². The number of anilines is 2. The maximum atomic E-state index is 13.0. The lowest BCUT2D eigenvalue weighted by Crippen LogP contribution is -2.35. The number of hydrogen-bond donors (Lipinski definition) is 1. The molecule has 0 aliphatic carbocycles. The van der Waals surface area contributed by atoms with Gasteiger partial charge in [-0.1, -0.05) is 24.3 Å². The summed E-state index contributed by atoms with van der Waals surface area (Å²) in [6, 6.07) is 22.1. The summed E-state index contributed by atoms with van der Waals surface area (Å²) in [4.78, 5) is 27.5. The van der Waals surface area contributed by atoms with Crippen molar-refractivity contribution in [2.45, 2.75) is 19.8 Å². The lowest BCUT2D eigenvalue weighted by molar-refractivity contribution is 0.0984. The Hall–Kier alpha value is -3.60. The Morgan fingerprint density at radius 3 is 2.47 bits per heavy atom. The highest BCUT2D eigenvalue weighted by Crippen LogP contribution is 2.31. The third kappa shape index (κ3) is 4.20. The van der Waals surface area contributed by atoms with E-state index in [2.05, 4.69) is 5.32 Å². The minimum absolute atomic E-state index is 0.0217. The molecule has 4 rings (SSSR count). The molecule has 0 atom stereocenters. The first-order valence-corrected chi connectivity index (χ1v) is 10.2. The van der Waals surface area contributed by atoms with Crippen LogP contribution < -0.4 is 15.0 Å². The molecule has 0 unspecified atom stereocenters. The highest BCUT2D eigenvalue weighted by Gasteiger charge is 2.24. The Morgan fingerprint density at radius 1 is 0.967 bits per heavy atom. The molecule has 5 heteroatoms. The van der Waals surface area contributed by atoms with Crippen molar-refractivity contribution >= 4 is 23.2 Å². The summed E-state index contributed by atoms with van der Waals surface area (Å²) >= 11 is 0. The van der Waals surface area contributed by atoms with Crippen molar-refractivity contribution in [1.82, 2.24) is 0 Å². The standard InChI is InChI=1S/C25H24N2O3/c1-2-30-22-14-11-19(12-15-22)24(28)26-21-13-10-18-9-6-16-27(23(18)17-21)25(29)20-7-4-3-5-8-20/h3-5,7-8,10-15,17H,2,6,9,16H2,1H3,(H,26,28). The van der Waals surface area contributed by atoms with Crippen LogP contribution in [0.3, 0.4) is 0 Å². The average Bonchev–Trinajstić information content (AvgIpc) is 2.79. The topological polar surface area (TPSA) is 58.6 Å². The summed E-state index contributed by atoms with van der Waals surface area (Å²) < 4.78 is 5.42.